The summed E-state index contributed by atoms with van der Waals surface area (Å²) in [5, 5.41) is 18.0. The maximum Gasteiger partial charge on any atom is 0.405 e. The zero-order chi connectivity index (χ0) is 25.3. The van der Waals surface area contributed by atoms with E-state index in [1.165, 1.54) is 6.07 Å². The summed E-state index contributed by atoms with van der Waals surface area (Å²) >= 11 is 0. The van der Waals surface area contributed by atoms with Gasteiger partial charge in [-0.25, -0.2) is 4.68 Å². The number of benzene rings is 2. The third-order valence-electron chi connectivity index (χ3n) is 5.53. The standard InChI is InChI=1S/C24H26F3N7O/c1-13(2)11-34-23(30-19-7-8-20-18(15(19)4)10-29-32-20)31-21(33-34)16-5-6-17(14(3)9-16)22(35)28-12-24(25,26)27/h5-10,13H,11-12H2,1-4H3,(H,28,35)(H,29,32)(H,30,31,33). The van der Waals surface area contributed by atoms with Crippen molar-refractivity contribution >= 4 is 28.4 Å². The lowest BCUT2D eigenvalue weighted by atomic mass is 10.0. The van der Waals surface area contributed by atoms with Gasteiger partial charge in [0.25, 0.3) is 5.91 Å². The minimum atomic E-state index is -4.47. The SMILES string of the molecule is Cc1cc(-c2nc(Nc3ccc4[nH]ncc4c3C)n(CC(C)C)n2)ccc1C(=O)NCC(F)(F)F. The molecule has 0 saturated heterocycles. The molecule has 35 heavy (non-hydrogen) atoms. The number of hydrogen-bond donors (Lipinski definition) is 3. The highest BCUT2D eigenvalue weighted by Crippen LogP contribution is 2.28. The van der Waals surface area contributed by atoms with Gasteiger partial charge in [-0.3, -0.25) is 9.89 Å². The molecule has 11 heteroatoms. The van der Waals surface area contributed by atoms with E-state index in [4.69, 9.17) is 0 Å². The predicted octanol–water partition coefficient (Wildman–Crippen LogP) is 5.13. The summed E-state index contributed by atoms with van der Waals surface area (Å²) in [7, 11) is 0. The molecule has 0 fully saturated rings. The normalized spacial score (nSPS) is 11.9. The zero-order valence-corrected chi connectivity index (χ0v) is 19.8. The molecule has 0 unspecified atom stereocenters. The first-order valence-corrected chi connectivity index (χ1v) is 11.1. The third-order valence-corrected chi connectivity index (χ3v) is 5.53. The molecular weight excluding hydrogens is 459 g/mol. The second-order valence-electron chi connectivity index (χ2n) is 8.86. The monoisotopic (exact) mass is 485 g/mol. The Balaban J connectivity index is 1.63. The molecule has 0 atom stereocenters. The lowest BCUT2D eigenvalue weighted by Crippen LogP contribution is -2.34. The van der Waals surface area contributed by atoms with E-state index >= 15 is 0 Å². The highest BCUT2D eigenvalue weighted by Gasteiger charge is 2.28. The second-order valence-corrected chi connectivity index (χ2v) is 8.86. The van der Waals surface area contributed by atoms with Crippen molar-refractivity contribution in [2.45, 2.75) is 40.4 Å². The van der Waals surface area contributed by atoms with Crippen LogP contribution in [0.15, 0.2) is 36.5 Å². The number of fused-ring (bicyclic) bond motifs is 1. The number of carbonyl (C=O) groups is 1. The van der Waals surface area contributed by atoms with Crippen molar-refractivity contribution in [1.82, 2.24) is 30.3 Å². The minimum Gasteiger partial charge on any atom is -0.343 e. The minimum absolute atomic E-state index is 0.169. The van der Waals surface area contributed by atoms with Crippen LogP contribution < -0.4 is 10.6 Å². The van der Waals surface area contributed by atoms with Gasteiger partial charge in [0, 0.05) is 28.7 Å². The number of rotatable bonds is 7. The molecule has 0 bridgehead atoms. The Morgan fingerprint density at radius 1 is 1.17 bits per heavy atom. The van der Waals surface area contributed by atoms with Crippen LogP contribution >= 0.6 is 0 Å². The molecule has 4 aromatic rings. The van der Waals surface area contributed by atoms with Gasteiger partial charge in [0.1, 0.15) is 6.54 Å². The van der Waals surface area contributed by atoms with Crippen molar-refractivity contribution in [2.75, 3.05) is 11.9 Å². The Labute approximate surface area is 199 Å². The Kier molecular flexibility index (Phi) is 6.51. The number of hydrogen-bond acceptors (Lipinski definition) is 5. The summed E-state index contributed by atoms with van der Waals surface area (Å²) in [5.74, 6) is 0.533. The highest BCUT2D eigenvalue weighted by molar-refractivity contribution is 5.96. The number of amides is 1. The van der Waals surface area contributed by atoms with Gasteiger partial charge in [0.2, 0.25) is 5.95 Å². The van der Waals surface area contributed by atoms with Crippen molar-refractivity contribution in [3.8, 4) is 11.4 Å². The number of carbonyl (C=O) groups excluding carboxylic acids is 1. The van der Waals surface area contributed by atoms with Crippen LogP contribution in [0, 0.1) is 19.8 Å². The van der Waals surface area contributed by atoms with Gasteiger partial charge in [-0.2, -0.15) is 23.3 Å². The number of nitrogens with zero attached hydrogens (tertiary/aromatic N) is 4. The zero-order valence-electron chi connectivity index (χ0n) is 19.8. The molecule has 0 aliphatic rings. The largest absolute Gasteiger partial charge is 0.405 e. The van der Waals surface area contributed by atoms with Gasteiger partial charge in [-0.1, -0.05) is 19.9 Å². The number of aromatic nitrogens is 5. The van der Waals surface area contributed by atoms with Crippen molar-refractivity contribution in [1.29, 1.82) is 0 Å². The average molecular weight is 486 g/mol. The Morgan fingerprint density at radius 3 is 2.63 bits per heavy atom. The number of alkyl halides is 3. The summed E-state index contributed by atoms with van der Waals surface area (Å²) in [6, 6.07) is 8.71. The van der Waals surface area contributed by atoms with E-state index in [9.17, 15) is 18.0 Å². The van der Waals surface area contributed by atoms with Crippen LogP contribution in [0.5, 0.6) is 0 Å². The quantitative estimate of drug-likeness (QED) is 0.337. The lowest BCUT2D eigenvalue weighted by molar-refractivity contribution is -0.123. The highest BCUT2D eigenvalue weighted by atomic mass is 19.4. The third kappa shape index (κ3) is 5.44. The Hall–Kier alpha value is -3.89. The Morgan fingerprint density at radius 2 is 1.94 bits per heavy atom. The molecule has 8 nitrogen and oxygen atoms in total. The van der Waals surface area contributed by atoms with E-state index in [0.717, 1.165) is 22.2 Å². The van der Waals surface area contributed by atoms with Gasteiger partial charge >= 0.3 is 6.18 Å². The molecule has 184 valence electrons. The van der Waals surface area contributed by atoms with Crippen molar-refractivity contribution < 1.29 is 18.0 Å². The first kappa shape index (κ1) is 24.2. The van der Waals surface area contributed by atoms with Gasteiger partial charge in [0.15, 0.2) is 5.82 Å². The van der Waals surface area contributed by atoms with Crippen LogP contribution in [0.2, 0.25) is 0 Å². The first-order valence-electron chi connectivity index (χ1n) is 11.1. The van der Waals surface area contributed by atoms with Crippen LogP contribution in [0.1, 0.15) is 35.3 Å². The summed E-state index contributed by atoms with van der Waals surface area (Å²) < 4.78 is 39.1. The second kappa shape index (κ2) is 9.40. The molecule has 0 aliphatic heterocycles. The van der Waals surface area contributed by atoms with Gasteiger partial charge < -0.3 is 10.6 Å². The van der Waals surface area contributed by atoms with Crippen molar-refractivity contribution in [3.63, 3.8) is 0 Å². The summed E-state index contributed by atoms with van der Waals surface area (Å²) in [5.41, 5.74) is 4.17. The predicted molar refractivity (Wildman–Crippen MR) is 128 cm³/mol. The molecule has 4 rings (SSSR count). The molecule has 1 amide bonds. The summed E-state index contributed by atoms with van der Waals surface area (Å²) in [6.07, 6.45) is -2.70. The Bertz CT molecular complexity index is 1370. The molecule has 0 aliphatic carbocycles. The van der Waals surface area contributed by atoms with Crippen molar-refractivity contribution in [2.24, 2.45) is 5.92 Å². The van der Waals surface area contributed by atoms with E-state index < -0.39 is 18.6 Å². The van der Waals surface area contributed by atoms with Crippen LogP contribution in [0.4, 0.5) is 24.8 Å². The number of halogens is 3. The molecule has 3 N–H and O–H groups in total. The molecule has 2 heterocycles. The molecule has 0 saturated carbocycles. The molecule has 2 aromatic carbocycles. The van der Waals surface area contributed by atoms with Crippen LogP contribution in [-0.2, 0) is 6.54 Å². The number of aromatic amines is 1. The summed E-state index contributed by atoms with van der Waals surface area (Å²) in [4.78, 5) is 16.9. The maximum atomic E-state index is 12.4. The van der Waals surface area contributed by atoms with E-state index in [2.05, 4.69) is 39.4 Å². The van der Waals surface area contributed by atoms with Crippen LogP contribution in [0.25, 0.3) is 22.3 Å². The molecular formula is C24H26F3N7O. The topological polar surface area (TPSA) is 101 Å². The van der Waals surface area contributed by atoms with Crippen molar-refractivity contribution in [3.05, 3.63) is 53.2 Å². The smallest absolute Gasteiger partial charge is 0.343 e. The fourth-order valence-electron chi connectivity index (χ4n) is 3.78. The number of aryl methyl sites for hydroxylation is 2. The molecule has 0 radical (unpaired) electrons. The number of H-pyrrole nitrogens is 1. The van der Waals surface area contributed by atoms with E-state index in [1.54, 1.807) is 29.9 Å². The van der Waals surface area contributed by atoms with Crippen LogP contribution in [0.3, 0.4) is 0 Å². The lowest BCUT2D eigenvalue weighted by Gasteiger charge is -2.12. The molecule has 0 spiro atoms. The fourth-order valence-corrected chi connectivity index (χ4v) is 3.78. The first-order chi connectivity index (χ1) is 16.5. The summed E-state index contributed by atoms with van der Waals surface area (Å²) in [6.45, 7) is 7.06. The average Bonchev–Trinajstić information content (AvgIpc) is 3.41. The maximum absolute atomic E-state index is 12.4. The molecule has 2 aromatic heterocycles. The van der Waals surface area contributed by atoms with E-state index in [0.29, 0.717) is 35.4 Å². The van der Waals surface area contributed by atoms with E-state index in [1.807, 2.05) is 24.4 Å². The van der Waals surface area contributed by atoms with E-state index in [-0.39, 0.29) is 5.56 Å². The van der Waals surface area contributed by atoms with Gasteiger partial charge in [0.05, 0.1) is 11.7 Å². The van der Waals surface area contributed by atoms with Gasteiger partial charge in [-0.15, -0.1) is 5.10 Å². The van der Waals surface area contributed by atoms with Crippen LogP contribution in [-0.4, -0.2) is 43.6 Å². The number of nitrogens with one attached hydrogen (secondary N) is 3. The van der Waals surface area contributed by atoms with Gasteiger partial charge in [-0.05, 0) is 55.2 Å². The number of anilines is 2. The fraction of sp³-hybridized carbons (Fsp3) is 0.333.